The lowest BCUT2D eigenvalue weighted by Gasteiger charge is -2.25. The maximum atomic E-state index is 5.36. The smallest absolute Gasteiger partial charge is 0.0844 e. The zero-order valence-corrected chi connectivity index (χ0v) is 28.9. The van der Waals surface area contributed by atoms with Crippen LogP contribution in [0.5, 0.6) is 0 Å². The van der Waals surface area contributed by atoms with Crippen LogP contribution in [0.25, 0.3) is 34.0 Å². The van der Waals surface area contributed by atoms with Crippen LogP contribution in [0.15, 0.2) is 108 Å². The van der Waals surface area contributed by atoms with Crippen LogP contribution in [0, 0.1) is 5.92 Å². The zero-order valence-electron chi connectivity index (χ0n) is 28.9. The summed E-state index contributed by atoms with van der Waals surface area (Å²) >= 11 is 0. The normalized spacial score (nSPS) is 16.6. The van der Waals surface area contributed by atoms with E-state index in [9.17, 15) is 0 Å². The molecular formula is C42H49N5. The fourth-order valence-corrected chi connectivity index (χ4v) is 7.08. The standard InChI is InChI=1S/C42H49N5/c1-7-44(8-2)34-25-19-32(20-26-34)23-29-38-31(6)39(30-24-33-21-27-35(28-22-33)45(9-3)10-4)47(43-38)41-18-14-16-37-36-15-12-13-17-40(36)46(11-5)42(37)41/h12-31,39H,7-11H2,1-6H3. The van der Waals surface area contributed by atoms with E-state index in [0.29, 0.717) is 0 Å². The summed E-state index contributed by atoms with van der Waals surface area (Å²) < 4.78 is 2.44. The van der Waals surface area contributed by atoms with Gasteiger partial charge in [-0.3, -0.25) is 5.01 Å². The Kier molecular flexibility index (Phi) is 9.81. The van der Waals surface area contributed by atoms with Gasteiger partial charge in [-0.1, -0.05) is 79.7 Å². The maximum Gasteiger partial charge on any atom is 0.0844 e. The molecule has 2 heterocycles. The largest absolute Gasteiger partial charge is 0.372 e. The number of hydrazone groups is 1. The van der Waals surface area contributed by atoms with Gasteiger partial charge in [-0.05, 0) is 88.2 Å². The van der Waals surface area contributed by atoms with Gasteiger partial charge in [-0.2, -0.15) is 5.10 Å². The molecule has 242 valence electrons. The summed E-state index contributed by atoms with van der Waals surface area (Å²) in [6.45, 7) is 18.3. The SMILES string of the molecule is CCN(CC)c1ccc(C=CC2=NN(c3cccc4c5ccccc5n(CC)c34)C(C=Cc3ccc(N(CC)CC)cc3)C2C)cc1. The first-order chi connectivity index (χ1) is 23.0. The van der Waals surface area contributed by atoms with Crippen molar-refractivity contribution in [3.05, 3.63) is 114 Å². The van der Waals surface area contributed by atoms with Gasteiger partial charge >= 0.3 is 0 Å². The molecule has 0 saturated heterocycles. The van der Waals surface area contributed by atoms with Gasteiger partial charge in [0.05, 0.1) is 23.0 Å². The second-order valence-corrected chi connectivity index (χ2v) is 12.3. The Hall–Kier alpha value is -4.77. The van der Waals surface area contributed by atoms with Crippen molar-refractivity contribution in [2.45, 2.75) is 54.1 Å². The van der Waals surface area contributed by atoms with E-state index in [1.807, 2.05) is 0 Å². The monoisotopic (exact) mass is 623 g/mol. The van der Waals surface area contributed by atoms with Crippen molar-refractivity contribution < 1.29 is 0 Å². The van der Waals surface area contributed by atoms with Gasteiger partial charge in [-0.15, -0.1) is 0 Å². The highest BCUT2D eigenvalue weighted by Crippen LogP contribution is 2.39. The summed E-state index contributed by atoms with van der Waals surface area (Å²) in [4.78, 5) is 4.75. The molecule has 0 bridgehead atoms. The highest BCUT2D eigenvalue weighted by molar-refractivity contribution is 6.13. The summed E-state index contributed by atoms with van der Waals surface area (Å²) in [5, 5.41) is 10.2. The van der Waals surface area contributed by atoms with E-state index >= 15 is 0 Å². The Bertz CT molecular complexity index is 1890. The maximum absolute atomic E-state index is 5.36. The van der Waals surface area contributed by atoms with Crippen molar-refractivity contribution in [2.24, 2.45) is 11.0 Å². The van der Waals surface area contributed by atoms with E-state index in [-0.39, 0.29) is 12.0 Å². The minimum atomic E-state index is 0.0658. The lowest BCUT2D eigenvalue weighted by atomic mass is 9.95. The first-order valence-corrected chi connectivity index (χ1v) is 17.4. The number of allylic oxidation sites excluding steroid dienone is 1. The predicted molar refractivity (Wildman–Crippen MR) is 206 cm³/mol. The molecule has 0 aliphatic carbocycles. The number of aryl methyl sites for hydroxylation is 1. The molecule has 1 aromatic heterocycles. The number of para-hydroxylation sites is 2. The number of nitrogens with zero attached hydrogens (tertiary/aromatic N) is 5. The third kappa shape index (κ3) is 6.32. The third-order valence-corrected chi connectivity index (χ3v) is 9.79. The molecule has 0 radical (unpaired) electrons. The van der Waals surface area contributed by atoms with E-state index in [1.54, 1.807) is 0 Å². The predicted octanol–water partition coefficient (Wildman–Crippen LogP) is 10.1. The minimum absolute atomic E-state index is 0.0658. The third-order valence-electron chi connectivity index (χ3n) is 9.79. The van der Waals surface area contributed by atoms with Crippen LogP contribution in [0.3, 0.4) is 0 Å². The second-order valence-electron chi connectivity index (χ2n) is 12.3. The number of aromatic nitrogens is 1. The van der Waals surface area contributed by atoms with E-state index in [0.717, 1.165) is 44.1 Å². The van der Waals surface area contributed by atoms with Crippen LogP contribution < -0.4 is 14.8 Å². The molecular weight excluding hydrogens is 574 g/mol. The number of anilines is 3. The molecule has 5 aromatic rings. The van der Waals surface area contributed by atoms with Crippen LogP contribution in [0.1, 0.15) is 52.7 Å². The van der Waals surface area contributed by atoms with Gasteiger partial charge in [0.15, 0.2) is 0 Å². The Balaban J connectivity index is 1.39. The van der Waals surface area contributed by atoms with Crippen molar-refractivity contribution in [3.8, 4) is 0 Å². The highest BCUT2D eigenvalue weighted by atomic mass is 15.5. The summed E-state index contributed by atoms with van der Waals surface area (Å²) in [5.41, 5.74) is 9.65. The number of benzene rings is 4. The molecule has 0 spiro atoms. The molecule has 5 nitrogen and oxygen atoms in total. The van der Waals surface area contributed by atoms with Crippen LogP contribution in [-0.2, 0) is 6.54 Å². The Morgan fingerprint density at radius 3 is 1.81 bits per heavy atom. The number of hydrogen-bond acceptors (Lipinski definition) is 4. The molecule has 0 fully saturated rings. The van der Waals surface area contributed by atoms with E-state index in [4.69, 9.17) is 5.10 Å². The molecule has 0 N–H and O–H groups in total. The topological polar surface area (TPSA) is 27.0 Å². The first-order valence-electron chi connectivity index (χ1n) is 17.4. The van der Waals surface area contributed by atoms with Crippen LogP contribution in [0.4, 0.5) is 17.1 Å². The lowest BCUT2D eigenvalue weighted by molar-refractivity contribution is 0.659. The van der Waals surface area contributed by atoms with E-state index < -0.39 is 0 Å². The Morgan fingerprint density at radius 1 is 0.638 bits per heavy atom. The second kappa shape index (κ2) is 14.3. The van der Waals surface area contributed by atoms with Crippen molar-refractivity contribution >= 4 is 56.7 Å². The summed E-state index contributed by atoms with van der Waals surface area (Å²) in [7, 11) is 0. The molecule has 5 heteroatoms. The fraction of sp³-hybridized carbons (Fsp3) is 0.310. The van der Waals surface area contributed by atoms with Gasteiger partial charge < -0.3 is 14.4 Å². The number of fused-ring (bicyclic) bond motifs is 3. The fourth-order valence-electron chi connectivity index (χ4n) is 7.08. The summed E-state index contributed by atoms with van der Waals surface area (Å²) in [5.74, 6) is 0.196. The van der Waals surface area contributed by atoms with E-state index in [1.165, 1.54) is 44.3 Å². The average Bonchev–Trinajstić information content (AvgIpc) is 3.62. The van der Waals surface area contributed by atoms with Crippen LogP contribution >= 0.6 is 0 Å². The summed E-state index contributed by atoms with van der Waals surface area (Å²) in [6.07, 6.45) is 9.04. The molecule has 0 saturated carbocycles. The molecule has 6 rings (SSSR count). The van der Waals surface area contributed by atoms with Gasteiger partial charge in [0.25, 0.3) is 0 Å². The van der Waals surface area contributed by atoms with Crippen molar-refractivity contribution in [1.29, 1.82) is 0 Å². The van der Waals surface area contributed by atoms with Crippen molar-refractivity contribution in [1.82, 2.24) is 4.57 Å². The minimum Gasteiger partial charge on any atom is -0.372 e. The summed E-state index contributed by atoms with van der Waals surface area (Å²) in [6, 6.07) is 33.3. The van der Waals surface area contributed by atoms with Crippen molar-refractivity contribution in [2.75, 3.05) is 41.0 Å². The van der Waals surface area contributed by atoms with Crippen LogP contribution in [-0.4, -0.2) is 42.5 Å². The van der Waals surface area contributed by atoms with Crippen molar-refractivity contribution in [3.63, 3.8) is 0 Å². The Labute approximate surface area is 281 Å². The molecule has 47 heavy (non-hydrogen) atoms. The molecule has 2 unspecified atom stereocenters. The zero-order chi connectivity index (χ0) is 32.9. The number of hydrogen-bond donors (Lipinski definition) is 0. The van der Waals surface area contributed by atoms with E-state index in [2.05, 4.69) is 176 Å². The average molecular weight is 624 g/mol. The first kappa shape index (κ1) is 32.2. The highest BCUT2D eigenvalue weighted by Gasteiger charge is 2.33. The van der Waals surface area contributed by atoms with Gasteiger partial charge in [0, 0.05) is 66.3 Å². The molecule has 1 aliphatic heterocycles. The van der Waals surface area contributed by atoms with Crippen LogP contribution in [0.2, 0.25) is 0 Å². The molecule has 4 aromatic carbocycles. The van der Waals surface area contributed by atoms with Gasteiger partial charge in [0.1, 0.15) is 0 Å². The molecule has 0 amide bonds. The quantitative estimate of drug-likeness (QED) is 0.138. The number of rotatable bonds is 12. The lowest BCUT2D eigenvalue weighted by Crippen LogP contribution is -2.30. The van der Waals surface area contributed by atoms with Gasteiger partial charge in [0.2, 0.25) is 0 Å². The Morgan fingerprint density at radius 2 is 1.21 bits per heavy atom. The van der Waals surface area contributed by atoms with Gasteiger partial charge in [-0.25, -0.2) is 0 Å². The molecule has 1 aliphatic rings. The molecule has 2 atom stereocenters.